The van der Waals surface area contributed by atoms with Gasteiger partial charge in [-0.25, -0.2) is 0 Å². The smallest absolute Gasteiger partial charge is 0.0489 e. The lowest BCUT2D eigenvalue weighted by molar-refractivity contribution is 1.22. The zero-order valence-corrected chi connectivity index (χ0v) is 10.1. The maximum atomic E-state index is 4.09. The van der Waals surface area contributed by atoms with Crippen LogP contribution in [0.15, 0.2) is 17.1 Å². The standard InChI is InChI=1S/C12H17NS/c1-5-6-7-11-9(2)10(3)14-12(11)8-13-4/h5-6,8H,7H2,1-4H3. The molecule has 1 nitrogen and oxygen atoms in total. The zero-order chi connectivity index (χ0) is 10.6. The van der Waals surface area contributed by atoms with E-state index in [2.05, 4.69) is 37.9 Å². The first-order valence-corrected chi connectivity index (χ1v) is 5.64. The Morgan fingerprint density at radius 3 is 2.64 bits per heavy atom. The van der Waals surface area contributed by atoms with E-state index in [4.69, 9.17) is 0 Å². The van der Waals surface area contributed by atoms with E-state index in [-0.39, 0.29) is 0 Å². The van der Waals surface area contributed by atoms with Crippen molar-refractivity contribution in [3.63, 3.8) is 0 Å². The Bertz CT molecular complexity index is 359. The molecule has 0 radical (unpaired) electrons. The van der Waals surface area contributed by atoms with E-state index in [1.165, 1.54) is 20.9 Å². The van der Waals surface area contributed by atoms with E-state index < -0.39 is 0 Å². The first-order chi connectivity index (χ1) is 6.70. The van der Waals surface area contributed by atoms with Gasteiger partial charge < -0.3 is 0 Å². The molecule has 0 aliphatic carbocycles. The zero-order valence-electron chi connectivity index (χ0n) is 9.29. The molecule has 0 N–H and O–H groups in total. The van der Waals surface area contributed by atoms with Crippen molar-refractivity contribution in [3.8, 4) is 0 Å². The molecule has 1 heterocycles. The average molecular weight is 207 g/mol. The summed E-state index contributed by atoms with van der Waals surface area (Å²) in [7, 11) is 1.82. The van der Waals surface area contributed by atoms with Gasteiger partial charge in [-0.1, -0.05) is 12.2 Å². The van der Waals surface area contributed by atoms with Gasteiger partial charge in [-0.05, 0) is 38.3 Å². The summed E-state index contributed by atoms with van der Waals surface area (Å²) in [6.07, 6.45) is 7.28. The van der Waals surface area contributed by atoms with Crippen LogP contribution in [-0.2, 0) is 6.42 Å². The van der Waals surface area contributed by atoms with E-state index in [0.717, 1.165) is 6.42 Å². The SMILES string of the molecule is CC=CCc1c(C=NC)sc(C)c1C. The molecule has 0 amide bonds. The molecule has 76 valence electrons. The number of aliphatic imine (C=N–C) groups is 1. The first-order valence-electron chi connectivity index (χ1n) is 4.82. The minimum absolute atomic E-state index is 1.02. The number of nitrogens with zero attached hydrogens (tertiary/aromatic N) is 1. The van der Waals surface area contributed by atoms with E-state index in [0.29, 0.717) is 0 Å². The van der Waals surface area contributed by atoms with Crippen LogP contribution in [-0.4, -0.2) is 13.3 Å². The Kier molecular flexibility index (Phi) is 4.08. The van der Waals surface area contributed by atoms with E-state index >= 15 is 0 Å². The lowest BCUT2D eigenvalue weighted by Gasteiger charge is -1.97. The molecule has 1 rings (SSSR count). The van der Waals surface area contributed by atoms with Crippen molar-refractivity contribution in [2.24, 2.45) is 4.99 Å². The number of rotatable bonds is 3. The fraction of sp³-hybridized carbons (Fsp3) is 0.417. The summed E-state index contributed by atoms with van der Waals surface area (Å²) in [5, 5.41) is 0. The molecule has 1 aromatic rings. The van der Waals surface area contributed by atoms with Gasteiger partial charge >= 0.3 is 0 Å². The van der Waals surface area contributed by atoms with Gasteiger partial charge in [-0.2, -0.15) is 0 Å². The highest BCUT2D eigenvalue weighted by molar-refractivity contribution is 7.14. The third-order valence-electron chi connectivity index (χ3n) is 2.35. The lowest BCUT2D eigenvalue weighted by Crippen LogP contribution is -1.88. The van der Waals surface area contributed by atoms with E-state index in [1.807, 2.05) is 24.6 Å². The molecule has 0 aromatic carbocycles. The fourth-order valence-corrected chi connectivity index (χ4v) is 2.54. The second-order valence-electron chi connectivity index (χ2n) is 3.29. The van der Waals surface area contributed by atoms with Crippen LogP contribution in [0.5, 0.6) is 0 Å². The topological polar surface area (TPSA) is 12.4 Å². The Hall–Kier alpha value is -0.890. The summed E-state index contributed by atoms with van der Waals surface area (Å²) in [4.78, 5) is 6.80. The molecule has 0 fully saturated rings. The summed E-state index contributed by atoms with van der Waals surface area (Å²) in [5.74, 6) is 0. The van der Waals surface area contributed by atoms with Crippen molar-refractivity contribution in [2.45, 2.75) is 27.2 Å². The summed E-state index contributed by atoms with van der Waals surface area (Å²) < 4.78 is 0. The third-order valence-corrected chi connectivity index (χ3v) is 3.53. The van der Waals surface area contributed by atoms with Gasteiger partial charge in [0.25, 0.3) is 0 Å². The van der Waals surface area contributed by atoms with Crippen LogP contribution in [0.25, 0.3) is 0 Å². The Balaban J connectivity index is 3.09. The highest BCUT2D eigenvalue weighted by Crippen LogP contribution is 2.26. The van der Waals surface area contributed by atoms with Gasteiger partial charge in [0.15, 0.2) is 0 Å². The molecule has 2 heteroatoms. The maximum absolute atomic E-state index is 4.09. The summed E-state index contributed by atoms with van der Waals surface area (Å²) in [6.45, 7) is 6.42. The van der Waals surface area contributed by atoms with Crippen LogP contribution in [0.3, 0.4) is 0 Å². The summed E-state index contributed by atoms with van der Waals surface area (Å²) in [5.41, 5.74) is 2.85. The van der Waals surface area contributed by atoms with Crippen LogP contribution in [0, 0.1) is 13.8 Å². The molecule has 0 unspecified atom stereocenters. The van der Waals surface area contributed by atoms with Crippen LogP contribution in [0.1, 0.15) is 27.8 Å². The van der Waals surface area contributed by atoms with Crippen LogP contribution >= 0.6 is 11.3 Å². The molecule has 0 spiro atoms. The number of allylic oxidation sites excluding steroid dienone is 2. The second kappa shape index (κ2) is 5.11. The number of thiophene rings is 1. The molecule has 0 aliphatic rings. The van der Waals surface area contributed by atoms with Gasteiger partial charge in [-0.3, -0.25) is 4.99 Å². The minimum atomic E-state index is 1.02. The molecule has 14 heavy (non-hydrogen) atoms. The Labute approximate surface area is 90.2 Å². The molecule has 0 saturated carbocycles. The highest BCUT2D eigenvalue weighted by Gasteiger charge is 2.08. The lowest BCUT2D eigenvalue weighted by atomic mass is 10.1. The second-order valence-corrected chi connectivity index (χ2v) is 4.54. The number of aryl methyl sites for hydroxylation is 1. The molecule has 0 atom stereocenters. The van der Waals surface area contributed by atoms with Crippen LogP contribution in [0.2, 0.25) is 0 Å². The first kappa shape index (κ1) is 11.2. The van der Waals surface area contributed by atoms with Crippen LogP contribution < -0.4 is 0 Å². The van der Waals surface area contributed by atoms with E-state index in [9.17, 15) is 0 Å². The monoisotopic (exact) mass is 207 g/mol. The van der Waals surface area contributed by atoms with Gasteiger partial charge in [0.05, 0.1) is 0 Å². The summed E-state index contributed by atoms with van der Waals surface area (Å²) in [6, 6.07) is 0. The van der Waals surface area contributed by atoms with Gasteiger partial charge in [-0.15, -0.1) is 11.3 Å². The van der Waals surface area contributed by atoms with Crippen molar-refractivity contribution in [1.82, 2.24) is 0 Å². The average Bonchev–Trinajstić information content (AvgIpc) is 2.42. The molecular formula is C12H17NS. The molecular weight excluding hydrogens is 190 g/mol. The quantitative estimate of drug-likeness (QED) is 0.531. The maximum Gasteiger partial charge on any atom is 0.0489 e. The van der Waals surface area contributed by atoms with Crippen molar-refractivity contribution in [3.05, 3.63) is 33.0 Å². The van der Waals surface area contributed by atoms with Crippen molar-refractivity contribution in [1.29, 1.82) is 0 Å². The van der Waals surface area contributed by atoms with Gasteiger partial charge in [0.1, 0.15) is 0 Å². The largest absolute Gasteiger partial charge is 0.295 e. The molecule has 0 bridgehead atoms. The van der Waals surface area contributed by atoms with Gasteiger partial charge in [0, 0.05) is 23.0 Å². The van der Waals surface area contributed by atoms with Crippen molar-refractivity contribution < 1.29 is 0 Å². The predicted molar refractivity (Wildman–Crippen MR) is 65.8 cm³/mol. The van der Waals surface area contributed by atoms with Crippen molar-refractivity contribution >= 4 is 17.6 Å². The van der Waals surface area contributed by atoms with E-state index in [1.54, 1.807) is 0 Å². The Morgan fingerprint density at radius 2 is 2.07 bits per heavy atom. The summed E-state index contributed by atoms with van der Waals surface area (Å²) >= 11 is 1.83. The van der Waals surface area contributed by atoms with Crippen molar-refractivity contribution in [2.75, 3.05) is 7.05 Å². The number of hydrogen-bond donors (Lipinski definition) is 0. The molecule has 0 aliphatic heterocycles. The highest BCUT2D eigenvalue weighted by atomic mass is 32.1. The third kappa shape index (κ3) is 2.32. The Morgan fingerprint density at radius 1 is 1.36 bits per heavy atom. The molecule has 1 aromatic heterocycles. The molecule has 0 saturated heterocycles. The number of hydrogen-bond acceptors (Lipinski definition) is 2. The van der Waals surface area contributed by atoms with Gasteiger partial charge in [0.2, 0.25) is 0 Å². The minimum Gasteiger partial charge on any atom is -0.295 e. The van der Waals surface area contributed by atoms with Crippen LogP contribution in [0.4, 0.5) is 0 Å². The fourth-order valence-electron chi connectivity index (χ4n) is 1.41. The normalized spacial score (nSPS) is 12.0. The predicted octanol–water partition coefficient (Wildman–Crippen LogP) is 3.53.